The SMILES string of the molecule is CC(O)(Cc1ccc(F)c(Br)c1)c1cccc(F)c1F. The van der Waals surface area contributed by atoms with Crippen LogP contribution in [0.5, 0.6) is 0 Å². The molecule has 0 aliphatic rings. The lowest BCUT2D eigenvalue weighted by molar-refractivity contribution is 0.0530. The number of hydrogen-bond donors (Lipinski definition) is 1. The summed E-state index contributed by atoms with van der Waals surface area (Å²) < 4.78 is 40.4. The van der Waals surface area contributed by atoms with E-state index in [0.717, 1.165) is 6.07 Å². The predicted octanol–water partition coefficient (Wildman–Crippen LogP) is 4.32. The fourth-order valence-corrected chi connectivity index (χ4v) is 2.49. The molecule has 2 rings (SSSR count). The van der Waals surface area contributed by atoms with Crippen molar-refractivity contribution in [1.82, 2.24) is 0 Å². The number of rotatable bonds is 3. The molecule has 0 bridgehead atoms. The van der Waals surface area contributed by atoms with E-state index in [1.54, 1.807) is 0 Å². The van der Waals surface area contributed by atoms with Crippen LogP contribution in [-0.4, -0.2) is 5.11 Å². The van der Waals surface area contributed by atoms with Gasteiger partial charge < -0.3 is 5.11 Å². The summed E-state index contributed by atoms with van der Waals surface area (Å²) in [6.07, 6.45) is 0.0340. The summed E-state index contributed by atoms with van der Waals surface area (Å²) in [4.78, 5) is 0. The van der Waals surface area contributed by atoms with Gasteiger partial charge in [0.15, 0.2) is 11.6 Å². The van der Waals surface area contributed by atoms with Gasteiger partial charge in [0.05, 0.1) is 10.1 Å². The highest BCUT2D eigenvalue weighted by Crippen LogP contribution is 2.29. The number of hydrogen-bond acceptors (Lipinski definition) is 1. The van der Waals surface area contributed by atoms with Crippen LogP contribution in [0.3, 0.4) is 0 Å². The van der Waals surface area contributed by atoms with E-state index in [9.17, 15) is 18.3 Å². The highest BCUT2D eigenvalue weighted by atomic mass is 79.9. The van der Waals surface area contributed by atoms with E-state index < -0.39 is 23.1 Å². The average molecular weight is 345 g/mol. The smallest absolute Gasteiger partial charge is 0.164 e. The molecule has 0 amide bonds. The van der Waals surface area contributed by atoms with Crippen molar-refractivity contribution in [3.05, 3.63) is 69.4 Å². The molecule has 5 heteroatoms. The zero-order chi connectivity index (χ0) is 14.9. The standard InChI is InChI=1S/C15H12BrF3O/c1-15(20,10-3-2-4-13(18)14(10)19)8-9-5-6-12(17)11(16)7-9/h2-7,20H,8H2,1H3. The first kappa shape index (κ1) is 15.1. The molecule has 0 aromatic heterocycles. The lowest BCUT2D eigenvalue weighted by atomic mass is 9.88. The minimum atomic E-state index is -1.59. The van der Waals surface area contributed by atoms with Gasteiger partial charge in [0.1, 0.15) is 5.82 Å². The van der Waals surface area contributed by atoms with Gasteiger partial charge in [0, 0.05) is 12.0 Å². The Morgan fingerprint density at radius 2 is 1.80 bits per heavy atom. The predicted molar refractivity (Wildman–Crippen MR) is 73.7 cm³/mol. The molecule has 1 nitrogen and oxygen atoms in total. The lowest BCUT2D eigenvalue weighted by Gasteiger charge is -2.24. The van der Waals surface area contributed by atoms with E-state index in [4.69, 9.17) is 0 Å². The first-order chi connectivity index (χ1) is 9.31. The summed E-state index contributed by atoms with van der Waals surface area (Å²) in [7, 11) is 0. The van der Waals surface area contributed by atoms with E-state index in [1.165, 1.54) is 37.3 Å². The molecule has 0 fully saturated rings. The molecule has 1 unspecified atom stereocenters. The van der Waals surface area contributed by atoms with Gasteiger partial charge in [-0.05, 0) is 46.6 Å². The number of benzene rings is 2. The third-order valence-corrected chi connectivity index (χ3v) is 3.67. The van der Waals surface area contributed by atoms with Crippen molar-refractivity contribution in [3.63, 3.8) is 0 Å². The second-order valence-corrected chi connectivity index (χ2v) is 5.65. The zero-order valence-corrected chi connectivity index (χ0v) is 12.2. The van der Waals surface area contributed by atoms with Crippen molar-refractivity contribution in [2.24, 2.45) is 0 Å². The van der Waals surface area contributed by atoms with Crippen LogP contribution in [0.1, 0.15) is 18.1 Å². The van der Waals surface area contributed by atoms with E-state index >= 15 is 0 Å². The van der Waals surface area contributed by atoms with Crippen LogP contribution in [0.2, 0.25) is 0 Å². The van der Waals surface area contributed by atoms with Gasteiger partial charge in [-0.25, -0.2) is 13.2 Å². The molecular weight excluding hydrogens is 333 g/mol. The Morgan fingerprint density at radius 1 is 1.10 bits per heavy atom. The number of aliphatic hydroxyl groups is 1. The van der Waals surface area contributed by atoms with Crippen LogP contribution in [0.15, 0.2) is 40.9 Å². The largest absolute Gasteiger partial charge is 0.385 e. The molecule has 0 aliphatic carbocycles. The van der Waals surface area contributed by atoms with Crippen molar-refractivity contribution < 1.29 is 18.3 Å². The Kier molecular flexibility index (Phi) is 4.20. The Morgan fingerprint density at radius 3 is 2.45 bits per heavy atom. The molecule has 2 aromatic carbocycles. The summed E-state index contributed by atoms with van der Waals surface area (Å²) in [6.45, 7) is 1.39. The second kappa shape index (κ2) is 5.58. The summed E-state index contributed by atoms with van der Waals surface area (Å²) in [6, 6.07) is 7.90. The van der Waals surface area contributed by atoms with Gasteiger partial charge in [-0.2, -0.15) is 0 Å². The average Bonchev–Trinajstić information content (AvgIpc) is 2.36. The van der Waals surface area contributed by atoms with Crippen molar-refractivity contribution in [3.8, 4) is 0 Å². The molecule has 106 valence electrons. The van der Waals surface area contributed by atoms with Gasteiger partial charge in [-0.1, -0.05) is 18.2 Å². The van der Waals surface area contributed by atoms with Gasteiger partial charge >= 0.3 is 0 Å². The second-order valence-electron chi connectivity index (χ2n) is 4.80. The fourth-order valence-electron chi connectivity index (χ4n) is 2.06. The third-order valence-electron chi connectivity index (χ3n) is 3.06. The van der Waals surface area contributed by atoms with Crippen LogP contribution in [-0.2, 0) is 12.0 Å². The van der Waals surface area contributed by atoms with Crippen molar-refractivity contribution in [1.29, 1.82) is 0 Å². The van der Waals surface area contributed by atoms with E-state index in [-0.39, 0.29) is 16.5 Å². The number of halogens is 4. The van der Waals surface area contributed by atoms with Crippen LogP contribution < -0.4 is 0 Å². The van der Waals surface area contributed by atoms with Crippen LogP contribution in [0.4, 0.5) is 13.2 Å². The molecule has 0 radical (unpaired) electrons. The minimum Gasteiger partial charge on any atom is -0.385 e. The topological polar surface area (TPSA) is 20.2 Å². The monoisotopic (exact) mass is 344 g/mol. The van der Waals surface area contributed by atoms with Crippen LogP contribution >= 0.6 is 15.9 Å². The van der Waals surface area contributed by atoms with Gasteiger partial charge in [0.25, 0.3) is 0 Å². The molecule has 0 aliphatic heterocycles. The Hall–Kier alpha value is -1.33. The lowest BCUT2D eigenvalue weighted by Crippen LogP contribution is -2.26. The summed E-state index contributed by atoms with van der Waals surface area (Å²) in [5, 5.41) is 10.4. The zero-order valence-electron chi connectivity index (χ0n) is 10.6. The van der Waals surface area contributed by atoms with Gasteiger partial charge in [-0.3, -0.25) is 0 Å². The first-order valence-corrected chi connectivity index (χ1v) is 6.71. The van der Waals surface area contributed by atoms with Gasteiger partial charge in [-0.15, -0.1) is 0 Å². The van der Waals surface area contributed by atoms with E-state index in [0.29, 0.717) is 5.56 Å². The van der Waals surface area contributed by atoms with E-state index in [1.807, 2.05) is 0 Å². The summed E-state index contributed by atoms with van der Waals surface area (Å²) >= 11 is 3.05. The molecule has 0 spiro atoms. The fraction of sp³-hybridized carbons (Fsp3) is 0.200. The van der Waals surface area contributed by atoms with Crippen molar-refractivity contribution in [2.45, 2.75) is 18.9 Å². The molecule has 1 atom stereocenters. The minimum absolute atomic E-state index is 0.0340. The molecule has 0 saturated heterocycles. The first-order valence-electron chi connectivity index (χ1n) is 5.92. The summed E-state index contributed by atoms with van der Waals surface area (Å²) in [5.74, 6) is -2.51. The summed E-state index contributed by atoms with van der Waals surface area (Å²) in [5.41, 5.74) is -1.12. The van der Waals surface area contributed by atoms with Crippen LogP contribution in [0, 0.1) is 17.5 Å². The highest BCUT2D eigenvalue weighted by molar-refractivity contribution is 9.10. The maximum absolute atomic E-state index is 13.7. The van der Waals surface area contributed by atoms with E-state index in [2.05, 4.69) is 15.9 Å². The molecule has 0 heterocycles. The molecule has 20 heavy (non-hydrogen) atoms. The highest BCUT2D eigenvalue weighted by Gasteiger charge is 2.28. The maximum Gasteiger partial charge on any atom is 0.164 e. The Labute approximate surface area is 123 Å². The molecule has 2 aromatic rings. The normalized spacial score (nSPS) is 14.1. The van der Waals surface area contributed by atoms with Crippen molar-refractivity contribution in [2.75, 3.05) is 0 Å². The maximum atomic E-state index is 13.7. The Balaban J connectivity index is 2.35. The molecule has 0 saturated carbocycles. The molecule has 1 N–H and O–H groups in total. The van der Waals surface area contributed by atoms with Gasteiger partial charge in [0.2, 0.25) is 0 Å². The quantitative estimate of drug-likeness (QED) is 0.879. The van der Waals surface area contributed by atoms with Crippen LogP contribution in [0.25, 0.3) is 0 Å². The third kappa shape index (κ3) is 3.04. The van der Waals surface area contributed by atoms with Crippen molar-refractivity contribution >= 4 is 15.9 Å². The molecular formula is C15H12BrF3O. The Bertz CT molecular complexity index is 641.